The Balaban J connectivity index is 1.44. The number of hydrogen-bond acceptors (Lipinski definition) is 8. The maximum atomic E-state index is 13.5. The van der Waals surface area contributed by atoms with Crippen LogP contribution in [0, 0.1) is 5.41 Å². The first-order valence-corrected chi connectivity index (χ1v) is 19.2. The molecule has 3 aliphatic rings. The maximum Gasteiger partial charge on any atom is 0.324 e. The fourth-order valence-corrected chi connectivity index (χ4v) is 8.26. The highest BCUT2D eigenvalue weighted by Gasteiger charge is 2.34. The standard InChI is InChI=1S/C43H54N6O4/c1-7-48-38-11-10-29-21-33(38)35(40(48)34-22-31(24-45-39(34)26(2)3)28-12-15-47(6)16-13-28)23-43(4,5)25-53-42(52)37-9-8-14-49(46-37)41(51)36(44)19-27-17-30(29)20-32(50)18-27/h10-12,17-18,20-22,24,26,36-37,46,50H,7-9,13-16,19,23,25,44H2,1-6H3/t36-,37-/m0/s1. The molecule has 4 N–H and O–H groups in total. The van der Waals surface area contributed by atoms with Gasteiger partial charge in [0.15, 0.2) is 0 Å². The fourth-order valence-electron chi connectivity index (χ4n) is 8.26. The number of benzene rings is 2. The summed E-state index contributed by atoms with van der Waals surface area (Å²) in [6.07, 6.45) is 7.45. The van der Waals surface area contributed by atoms with Crippen LogP contribution in [0.25, 0.3) is 38.9 Å². The molecular weight excluding hydrogens is 665 g/mol. The van der Waals surface area contributed by atoms with Crippen molar-refractivity contribution in [3.05, 3.63) is 77.1 Å². The Labute approximate surface area is 313 Å². The van der Waals surface area contributed by atoms with Crippen LogP contribution in [0.4, 0.5) is 0 Å². The summed E-state index contributed by atoms with van der Waals surface area (Å²) in [5.74, 6) is -0.353. The van der Waals surface area contributed by atoms with Crippen LogP contribution in [0.2, 0.25) is 0 Å². The molecule has 0 saturated carbocycles. The smallest absolute Gasteiger partial charge is 0.324 e. The van der Waals surface area contributed by atoms with Gasteiger partial charge in [-0.2, -0.15) is 0 Å². The second-order valence-corrected chi connectivity index (χ2v) is 16.3. The van der Waals surface area contributed by atoms with E-state index in [0.29, 0.717) is 25.8 Å². The zero-order valence-corrected chi connectivity index (χ0v) is 32.0. The van der Waals surface area contributed by atoms with Crippen molar-refractivity contribution < 1.29 is 19.4 Å². The molecule has 280 valence electrons. The van der Waals surface area contributed by atoms with Crippen molar-refractivity contribution in [3.8, 4) is 28.1 Å². The molecule has 1 fully saturated rings. The third-order valence-corrected chi connectivity index (χ3v) is 11.1. The predicted molar refractivity (Wildman–Crippen MR) is 210 cm³/mol. The van der Waals surface area contributed by atoms with E-state index in [1.54, 1.807) is 12.1 Å². The van der Waals surface area contributed by atoms with E-state index in [2.05, 4.69) is 86.9 Å². The van der Waals surface area contributed by atoms with Gasteiger partial charge in [-0.3, -0.25) is 19.6 Å². The monoisotopic (exact) mass is 718 g/mol. The number of ether oxygens (including phenoxy) is 1. The van der Waals surface area contributed by atoms with E-state index >= 15 is 0 Å². The molecule has 5 heterocycles. The number of hydrogen-bond donors (Lipinski definition) is 3. The molecule has 10 nitrogen and oxygen atoms in total. The number of nitrogens with zero attached hydrogens (tertiary/aromatic N) is 4. The van der Waals surface area contributed by atoms with Gasteiger partial charge in [-0.25, -0.2) is 5.43 Å². The number of nitrogens with one attached hydrogen (secondary N) is 1. The van der Waals surface area contributed by atoms with Gasteiger partial charge in [-0.05, 0) is 116 Å². The van der Waals surface area contributed by atoms with E-state index in [1.807, 2.05) is 12.3 Å². The summed E-state index contributed by atoms with van der Waals surface area (Å²) in [6.45, 7) is 14.2. The Morgan fingerprint density at radius 3 is 2.62 bits per heavy atom. The molecule has 0 spiro atoms. The number of aromatic hydroxyl groups is 1. The van der Waals surface area contributed by atoms with Crippen molar-refractivity contribution in [3.63, 3.8) is 0 Å². The number of nitrogens with two attached hydrogens (primary N) is 1. The van der Waals surface area contributed by atoms with Gasteiger partial charge in [-0.15, -0.1) is 0 Å². The number of aromatic nitrogens is 2. The quantitative estimate of drug-likeness (QED) is 0.206. The molecular formula is C43H54N6O4. The highest BCUT2D eigenvalue weighted by Crippen LogP contribution is 2.43. The summed E-state index contributed by atoms with van der Waals surface area (Å²) < 4.78 is 8.48. The van der Waals surface area contributed by atoms with E-state index in [0.717, 1.165) is 76.2 Å². The minimum absolute atomic E-state index is 0.117. The first kappa shape index (κ1) is 36.8. The Hall–Kier alpha value is -4.51. The number of carbonyl (C=O) groups is 2. The summed E-state index contributed by atoms with van der Waals surface area (Å²) in [4.78, 5) is 34.5. The lowest BCUT2D eigenvalue weighted by Crippen LogP contribution is -2.59. The van der Waals surface area contributed by atoms with Crippen LogP contribution in [0.5, 0.6) is 5.75 Å². The third-order valence-electron chi connectivity index (χ3n) is 11.1. The van der Waals surface area contributed by atoms with Crippen molar-refractivity contribution in [1.82, 2.24) is 24.9 Å². The summed E-state index contributed by atoms with van der Waals surface area (Å²) in [6, 6.07) is 12.8. The van der Waals surface area contributed by atoms with Gasteiger partial charge in [0.2, 0.25) is 0 Å². The highest BCUT2D eigenvalue weighted by molar-refractivity contribution is 5.96. The largest absolute Gasteiger partial charge is 0.508 e. The topological polar surface area (TPSA) is 126 Å². The Morgan fingerprint density at radius 2 is 1.89 bits per heavy atom. The Bertz CT molecular complexity index is 2080. The van der Waals surface area contributed by atoms with Gasteiger partial charge in [0.1, 0.15) is 11.8 Å². The van der Waals surface area contributed by atoms with Gasteiger partial charge in [0, 0.05) is 54.3 Å². The average molecular weight is 719 g/mol. The first-order valence-electron chi connectivity index (χ1n) is 19.2. The number of phenolic OH excluding ortho intramolecular Hbond substituents is 1. The van der Waals surface area contributed by atoms with Crippen molar-refractivity contribution in [2.45, 2.75) is 91.3 Å². The molecule has 53 heavy (non-hydrogen) atoms. The predicted octanol–water partition coefficient (Wildman–Crippen LogP) is 6.43. The summed E-state index contributed by atoms with van der Waals surface area (Å²) in [5, 5.41) is 13.5. The van der Waals surface area contributed by atoms with E-state index in [4.69, 9.17) is 15.5 Å². The molecule has 10 heteroatoms. The number of cyclic esters (lactones) is 1. The van der Waals surface area contributed by atoms with E-state index in [9.17, 15) is 14.7 Å². The van der Waals surface area contributed by atoms with Gasteiger partial charge < -0.3 is 25.0 Å². The molecule has 0 radical (unpaired) electrons. The SMILES string of the molecule is CCn1c(-c2cc(C3=CCN(C)CC3)cnc2C(C)C)c2c3cc(ccc31)-c1cc(O)cc(c1)C[C@H](N)C(=O)N1CCC[C@H](N1)C(=O)OCC(C)(C)C2. The number of hydrazine groups is 1. The zero-order chi connectivity index (χ0) is 37.6. The third kappa shape index (κ3) is 7.50. The molecule has 0 aliphatic carbocycles. The number of phenols is 1. The van der Waals surface area contributed by atoms with E-state index in [1.165, 1.54) is 16.1 Å². The van der Waals surface area contributed by atoms with Crippen molar-refractivity contribution in [2.24, 2.45) is 11.1 Å². The van der Waals surface area contributed by atoms with Crippen LogP contribution in [0.15, 0.2) is 54.7 Å². The second kappa shape index (κ2) is 14.7. The molecule has 7 rings (SSSR count). The molecule has 2 atom stereocenters. The van der Waals surface area contributed by atoms with Crippen LogP contribution in [-0.4, -0.2) is 81.8 Å². The number of aryl methyl sites for hydroxylation is 1. The summed E-state index contributed by atoms with van der Waals surface area (Å²) >= 11 is 0. The number of amides is 1. The molecule has 1 saturated heterocycles. The minimum atomic E-state index is -0.857. The van der Waals surface area contributed by atoms with Crippen molar-refractivity contribution in [1.29, 1.82) is 0 Å². The van der Waals surface area contributed by atoms with Gasteiger partial charge in [0.25, 0.3) is 5.91 Å². The lowest BCUT2D eigenvalue weighted by Gasteiger charge is -2.35. The molecule has 4 aromatic rings. The number of rotatable bonds is 4. The van der Waals surface area contributed by atoms with Gasteiger partial charge in [-0.1, -0.05) is 45.9 Å². The van der Waals surface area contributed by atoms with Gasteiger partial charge in [0.05, 0.1) is 24.0 Å². The first-order chi connectivity index (χ1) is 25.3. The summed E-state index contributed by atoms with van der Waals surface area (Å²) in [5.41, 5.74) is 19.8. The van der Waals surface area contributed by atoms with Gasteiger partial charge >= 0.3 is 5.97 Å². The second-order valence-electron chi connectivity index (χ2n) is 16.3. The molecule has 3 aliphatic heterocycles. The van der Waals surface area contributed by atoms with Crippen LogP contribution in [0.1, 0.15) is 82.2 Å². The lowest BCUT2D eigenvalue weighted by atomic mass is 9.83. The number of pyridine rings is 1. The van der Waals surface area contributed by atoms with Crippen LogP contribution in [0.3, 0.4) is 0 Å². The number of carbonyl (C=O) groups excluding carboxylic acids is 2. The molecule has 6 bridgehead atoms. The van der Waals surface area contributed by atoms with E-state index in [-0.39, 0.29) is 36.6 Å². The normalized spacial score (nSPS) is 21.4. The average Bonchev–Trinajstić information content (AvgIpc) is 3.44. The molecule has 0 unspecified atom stereocenters. The molecule has 1 amide bonds. The Kier molecular flexibility index (Phi) is 10.2. The van der Waals surface area contributed by atoms with E-state index < -0.39 is 17.5 Å². The number of likely N-dealkylation sites (N-methyl/N-ethyl adjacent to an activating group) is 1. The summed E-state index contributed by atoms with van der Waals surface area (Å²) in [7, 11) is 2.15. The zero-order valence-electron chi connectivity index (χ0n) is 32.0. The number of esters is 1. The lowest BCUT2D eigenvalue weighted by molar-refractivity contribution is -0.154. The van der Waals surface area contributed by atoms with Crippen LogP contribution >= 0.6 is 0 Å². The fraction of sp³-hybridized carbons (Fsp3) is 0.465. The number of fused-ring (bicyclic) bond motifs is 6. The highest BCUT2D eigenvalue weighted by atomic mass is 16.5. The van der Waals surface area contributed by atoms with Crippen LogP contribution in [-0.2, 0) is 33.7 Å². The Morgan fingerprint density at radius 1 is 1.08 bits per heavy atom. The minimum Gasteiger partial charge on any atom is -0.508 e. The molecule has 2 aromatic carbocycles. The maximum absolute atomic E-state index is 13.5. The van der Waals surface area contributed by atoms with Crippen molar-refractivity contribution >= 4 is 28.4 Å². The van der Waals surface area contributed by atoms with Crippen LogP contribution < -0.4 is 11.2 Å². The van der Waals surface area contributed by atoms with Crippen molar-refractivity contribution in [2.75, 3.05) is 33.3 Å². The molecule has 2 aromatic heterocycles.